The number of nitrogens with zero attached hydrogens (tertiary/aromatic N) is 2. The number of nitrogens with one attached hydrogen (secondary N) is 2. The first kappa shape index (κ1) is 29.1. The second kappa shape index (κ2) is 12.2. The highest BCUT2D eigenvalue weighted by Crippen LogP contribution is 2.23. The minimum atomic E-state index is -0.903. The standard InChI is InChI=1S/C26H40N4O6/c1-8-19(24(34)30-14-17(31)13-20(30)25(35)29(7)16(2)3)27-23(33)18-11-9-10-12-21(18)36-15-22(32)28-26(4,5)6/h9-12,16-17,19-20,31H,8,13-15H2,1-7H3,(H,27,33)(H,28,32)/t17-,19+,20+/m0/s1. The molecule has 10 heteroatoms. The molecule has 4 amide bonds. The Morgan fingerprint density at radius 2 is 1.83 bits per heavy atom. The van der Waals surface area contributed by atoms with Crippen LogP contribution in [-0.2, 0) is 14.4 Å². The van der Waals surface area contributed by atoms with Crippen molar-refractivity contribution in [2.45, 2.75) is 84.2 Å². The number of β-amino-alcohol motifs (C(OH)–C–C–N with tert-alkyl or cyclic N) is 1. The summed E-state index contributed by atoms with van der Waals surface area (Å²) in [5, 5.41) is 15.7. The largest absolute Gasteiger partial charge is 0.483 e. The van der Waals surface area contributed by atoms with Crippen LogP contribution in [-0.4, -0.2) is 88.5 Å². The highest BCUT2D eigenvalue weighted by Gasteiger charge is 2.42. The molecule has 3 N–H and O–H groups in total. The van der Waals surface area contributed by atoms with E-state index < -0.39 is 35.5 Å². The van der Waals surface area contributed by atoms with E-state index in [1.165, 1.54) is 4.90 Å². The van der Waals surface area contributed by atoms with Crippen LogP contribution < -0.4 is 15.4 Å². The molecule has 0 radical (unpaired) electrons. The SMILES string of the molecule is CC[C@@H](NC(=O)c1ccccc1OCC(=O)NC(C)(C)C)C(=O)N1C[C@@H](O)C[C@@H]1C(=O)N(C)C(C)C. The van der Waals surface area contributed by atoms with Gasteiger partial charge in [0.2, 0.25) is 11.8 Å². The third kappa shape index (κ3) is 7.68. The van der Waals surface area contributed by atoms with Crippen molar-refractivity contribution >= 4 is 23.6 Å². The van der Waals surface area contributed by atoms with Gasteiger partial charge in [-0.05, 0) is 53.2 Å². The zero-order valence-electron chi connectivity index (χ0n) is 22.3. The van der Waals surface area contributed by atoms with Gasteiger partial charge in [0, 0.05) is 31.6 Å². The summed E-state index contributed by atoms with van der Waals surface area (Å²) >= 11 is 0. The molecule has 1 aromatic carbocycles. The fourth-order valence-electron chi connectivity index (χ4n) is 3.93. The van der Waals surface area contributed by atoms with Gasteiger partial charge >= 0.3 is 0 Å². The normalized spacial score (nSPS) is 18.5. The molecule has 0 bridgehead atoms. The van der Waals surface area contributed by atoms with Crippen LogP contribution in [0.25, 0.3) is 0 Å². The molecular weight excluding hydrogens is 464 g/mol. The van der Waals surface area contributed by atoms with E-state index in [2.05, 4.69) is 10.6 Å². The Morgan fingerprint density at radius 1 is 1.19 bits per heavy atom. The quantitative estimate of drug-likeness (QED) is 0.465. The van der Waals surface area contributed by atoms with Gasteiger partial charge in [-0.15, -0.1) is 0 Å². The van der Waals surface area contributed by atoms with E-state index in [1.54, 1.807) is 43.1 Å². The van der Waals surface area contributed by atoms with Crippen molar-refractivity contribution in [1.29, 1.82) is 0 Å². The van der Waals surface area contributed by atoms with E-state index in [1.807, 2.05) is 34.6 Å². The Morgan fingerprint density at radius 3 is 2.42 bits per heavy atom. The van der Waals surface area contributed by atoms with E-state index in [4.69, 9.17) is 4.74 Å². The number of carbonyl (C=O) groups is 4. The molecule has 0 aliphatic carbocycles. The molecule has 1 aliphatic heterocycles. The first-order chi connectivity index (χ1) is 16.7. The Labute approximate surface area is 213 Å². The summed E-state index contributed by atoms with van der Waals surface area (Å²) in [6.45, 7) is 10.8. The van der Waals surface area contributed by atoms with Crippen LogP contribution in [0.3, 0.4) is 0 Å². The number of rotatable bonds is 9. The van der Waals surface area contributed by atoms with E-state index in [9.17, 15) is 24.3 Å². The van der Waals surface area contributed by atoms with Gasteiger partial charge in [0.1, 0.15) is 17.8 Å². The first-order valence-corrected chi connectivity index (χ1v) is 12.3. The van der Waals surface area contributed by atoms with Crippen molar-refractivity contribution in [3.63, 3.8) is 0 Å². The number of hydrogen-bond donors (Lipinski definition) is 3. The van der Waals surface area contributed by atoms with Gasteiger partial charge in [-0.1, -0.05) is 19.1 Å². The maximum atomic E-state index is 13.4. The zero-order valence-corrected chi connectivity index (χ0v) is 22.3. The average Bonchev–Trinajstić information content (AvgIpc) is 3.20. The number of aliphatic hydroxyl groups excluding tert-OH is 1. The van der Waals surface area contributed by atoms with Gasteiger partial charge in [0.15, 0.2) is 6.61 Å². The number of aliphatic hydroxyl groups is 1. The molecule has 10 nitrogen and oxygen atoms in total. The number of carbonyl (C=O) groups excluding carboxylic acids is 4. The predicted molar refractivity (Wildman–Crippen MR) is 135 cm³/mol. The Hall–Kier alpha value is -3.14. The van der Waals surface area contributed by atoms with Gasteiger partial charge in [-0.2, -0.15) is 0 Å². The summed E-state index contributed by atoms with van der Waals surface area (Å²) in [4.78, 5) is 54.5. The zero-order chi connectivity index (χ0) is 27.2. The molecule has 200 valence electrons. The molecular formula is C26H40N4O6. The van der Waals surface area contributed by atoms with Crippen LogP contribution in [0.1, 0.15) is 64.7 Å². The number of likely N-dealkylation sites (N-methyl/N-ethyl adjacent to an activating group) is 1. The van der Waals surface area contributed by atoms with Crippen molar-refractivity contribution in [2.75, 3.05) is 20.2 Å². The van der Waals surface area contributed by atoms with Crippen LogP contribution in [0.5, 0.6) is 5.75 Å². The molecule has 1 aliphatic rings. The van der Waals surface area contributed by atoms with Crippen molar-refractivity contribution in [2.24, 2.45) is 0 Å². The Bertz CT molecular complexity index is 958. The summed E-state index contributed by atoms with van der Waals surface area (Å²) in [6, 6.07) is 4.72. The fourth-order valence-corrected chi connectivity index (χ4v) is 3.93. The highest BCUT2D eigenvalue weighted by atomic mass is 16.5. The molecule has 1 fully saturated rings. The van der Waals surface area contributed by atoms with Crippen LogP contribution >= 0.6 is 0 Å². The van der Waals surface area contributed by atoms with Gasteiger partial charge in [0.25, 0.3) is 11.8 Å². The fraction of sp³-hybridized carbons (Fsp3) is 0.615. The number of ether oxygens (including phenoxy) is 1. The number of amides is 4. The second-order valence-electron chi connectivity index (χ2n) is 10.5. The van der Waals surface area contributed by atoms with Crippen LogP contribution in [0, 0.1) is 0 Å². The second-order valence-corrected chi connectivity index (χ2v) is 10.5. The van der Waals surface area contributed by atoms with E-state index >= 15 is 0 Å². The lowest BCUT2D eigenvalue weighted by Gasteiger charge is -2.32. The first-order valence-electron chi connectivity index (χ1n) is 12.3. The topological polar surface area (TPSA) is 128 Å². The number of para-hydroxylation sites is 1. The molecule has 1 aromatic rings. The monoisotopic (exact) mass is 504 g/mol. The lowest BCUT2D eigenvalue weighted by atomic mass is 10.1. The van der Waals surface area contributed by atoms with Gasteiger partial charge in [-0.3, -0.25) is 19.2 Å². The minimum Gasteiger partial charge on any atom is -0.483 e. The highest BCUT2D eigenvalue weighted by molar-refractivity contribution is 6.00. The Kier molecular flexibility index (Phi) is 9.86. The maximum absolute atomic E-state index is 13.4. The lowest BCUT2D eigenvalue weighted by molar-refractivity contribution is -0.145. The molecule has 0 spiro atoms. The van der Waals surface area contributed by atoms with Crippen LogP contribution in [0.2, 0.25) is 0 Å². The predicted octanol–water partition coefficient (Wildman–Crippen LogP) is 1.32. The molecule has 1 saturated heterocycles. The summed E-state index contributed by atoms with van der Waals surface area (Å²) in [5.41, 5.74) is -0.237. The average molecular weight is 505 g/mol. The summed E-state index contributed by atoms with van der Waals surface area (Å²) < 4.78 is 5.60. The van der Waals surface area contributed by atoms with E-state index in [0.717, 1.165) is 0 Å². The molecule has 0 aromatic heterocycles. The van der Waals surface area contributed by atoms with Gasteiger partial charge in [0.05, 0.1) is 11.7 Å². The molecule has 2 rings (SSSR count). The minimum absolute atomic E-state index is 0.0239. The van der Waals surface area contributed by atoms with Crippen molar-refractivity contribution in [3.8, 4) is 5.75 Å². The van der Waals surface area contributed by atoms with E-state index in [0.29, 0.717) is 0 Å². The molecule has 36 heavy (non-hydrogen) atoms. The van der Waals surface area contributed by atoms with Crippen molar-refractivity contribution in [1.82, 2.24) is 20.4 Å². The Balaban J connectivity index is 2.14. The summed E-state index contributed by atoms with van der Waals surface area (Å²) in [5.74, 6) is -1.33. The van der Waals surface area contributed by atoms with Crippen molar-refractivity contribution < 1.29 is 29.0 Å². The third-order valence-electron chi connectivity index (χ3n) is 5.99. The number of benzene rings is 1. The summed E-state index contributed by atoms with van der Waals surface area (Å²) in [6.07, 6.45) is -0.376. The van der Waals surface area contributed by atoms with Crippen LogP contribution in [0.15, 0.2) is 24.3 Å². The van der Waals surface area contributed by atoms with Crippen molar-refractivity contribution in [3.05, 3.63) is 29.8 Å². The molecule has 0 saturated carbocycles. The maximum Gasteiger partial charge on any atom is 0.258 e. The summed E-state index contributed by atoms with van der Waals surface area (Å²) in [7, 11) is 1.66. The molecule has 0 unspecified atom stereocenters. The lowest BCUT2D eigenvalue weighted by Crippen LogP contribution is -2.54. The molecule has 3 atom stereocenters. The molecule has 1 heterocycles. The smallest absolute Gasteiger partial charge is 0.258 e. The van der Waals surface area contributed by atoms with E-state index in [-0.39, 0.29) is 55.2 Å². The van der Waals surface area contributed by atoms with Gasteiger partial charge in [-0.25, -0.2) is 0 Å². The van der Waals surface area contributed by atoms with Gasteiger partial charge < -0.3 is 30.3 Å². The van der Waals surface area contributed by atoms with Crippen LogP contribution in [0.4, 0.5) is 0 Å². The number of hydrogen-bond acceptors (Lipinski definition) is 6. The third-order valence-corrected chi connectivity index (χ3v) is 5.99. The number of likely N-dealkylation sites (tertiary alicyclic amines) is 1.